The molecule has 0 unspecified atom stereocenters. The van der Waals surface area contributed by atoms with Gasteiger partial charge in [-0.2, -0.15) is 0 Å². The molecule has 1 saturated carbocycles. The molecule has 1 fully saturated rings. The fourth-order valence-electron chi connectivity index (χ4n) is 3.11. The molecule has 2 amide bonds. The molecule has 0 aliphatic heterocycles. The molecule has 0 spiro atoms. The second kappa shape index (κ2) is 8.44. The Morgan fingerprint density at radius 3 is 2.30 bits per heavy atom. The summed E-state index contributed by atoms with van der Waals surface area (Å²) in [6.07, 6.45) is 6.83. The quantitative estimate of drug-likeness (QED) is 0.752. The number of rotatable bonds is 5. The summed E-state index contributed by atoms with van der Waals surface area (Å²) >= 11 is 0. The van der Waals surface area contributed by atoms with Gasteiger partial charge in [-0.15, -0.1) is 0 Å². The Bertz CT molecular complexity index is 843. The standard InChI is InChI=1S/C20H21N3O4/c24-18(22-15-4-2-1-3-5-15)13-6-8-16(9-7-13)23-19(25)14-10-11-21-17(12-14)20(26)27/h6-12,15H,1-5H2,(H,22,24)(H,23,25)(H,26,27). The van der Waals surface area contributed by atoms with Crippen LogP contribution in [0.5, 0.6) is 0 Å². The van der Waals surface area contributed by atoms with Crippen LogP contribution in [0.3, 0.4) is 0 Å². The number of aromatic nitrogens is 1. The van der Waals surface area contributed by atoms with Crippen molar-refractivity contribution in [2.24, 2.45) is 0 Å². The van der Waals surface area contributed by atoms with Gasteiger partial charge in [-0.1, -0.05) is 19.3 Å². The van der Waals surface area contributed by atoms with Crippen molar-refractivity contribution in [2.75, 3.05) is 5.32 Å². The van der Waals surface area contributed by atoms with Crippen LogP contribution in [0.15, 0.2) is 42.6 Å². The second-order valence-electron chi connectivity index (χ2n) is 6.57. The Balaban J connectivity index is 1.61. The van der Waals surface area contributed by atoms with Gasteiger partial charge in [0.15, 0.2) is 0 Å². The molecule has 0 atom stereocenters. The van der Waals surface area contributed by atoms with Crippen molar-refractivity contribution in [3.63, 3.8) is 0 Å². The Kier molecular flexibility index (Phi) is 5.80. The molecule has 0 saturated heterocycles. The van der Waals surface area contributed by atoms with Crippen molar-refractivity contribution in [1.82, 2.24) is 10.3 Å². The van der Waals surface area contributed by atoms with Gasteiger partial charge in [0.1, 0.15) is 5.69 Å². The number of hydrogen-bond acceptors (Lipinski definition) is 4. The van der Waals surface area contributed by atoms with E-state index in [4.69, 9.17) is 5.11 Å². The van der Waals surface area contributed by atoms with Crippen LogP contribution in [0.25, 0.3) is 0 Å². The molecule has 1 aliphatic carbocycles. The summed E-state index contributed by atoms with van der Waals surface area (Å²) in [7, 11) is 0. The Morgan fingerprint density at radius 1 is 0.926 bits per heavy atom. The summed E-state index contributed by atoms with van der Waals surface area (Å²) < 4.78 is 0. The summed E-state index contributed by atoms with van der Waals surface area (Å²) in [5.74, 6) is -1.75. The molecule has 1 heterocycles. The highest BCUT2D eigenvalue weighted by atomic mass is 16.4. The second-order valence-corrected chi connectivity index (χ2v) is 6.57. The molecule has 0 radical (unpaired) electrons. The molecule has 7 heteroatoms. The highest BCUT2D eigenvalue weighted by molar-refractivity contribution is 6.05. The number of anilines is 1. The van der Waals surface area contributed by atoms with Crippen LogP contribution >= 0.6 is 0 Å². The number of carboxylic acids is 1. The van der Waals surface area contributed by atoms with Crippen LogP contribution < -0.4 is 10.6 Å². The zero-order valence-corrected chi connectivity index (χ0v) is 14.8. The van der Waals surface area contributed by atoms with E-state index in [1.807, 2.05) is 0 Å². The molecule has 7 nitrogen and oxygen atoms in total. The average Bonchev–Trinajstić information content (AvgIpc) is 2.69. The zero-order valence-electron chi connectivity index (χ0n) is 14.8. The number of nitrogens with one attached hydrogen (secondary N) is 2. The molecule has 0 bridgehead atoms. The summed E-state index contributed by atoms with van der Waals surface area (Å²) in [4.78, 5) is 39.2. The molecule has 3 rings (SSSR count). The molecule has 140 valence electrons. The smallest absolute Gasteiger partial charge is 0.354 e. The zero-order chi connectivity index (χ0) is 19.2. The number of amides is 2. The predicted molar refractivity (Wildman–Crippen MR) is 99.9 cm³/mol. The lowest BCUT2D eigenvalue weighted by Gasteiger charge is -2.22. The molecule has 3 N–H and O–H groups in total. The van der Waals surface area contributed by atoms with Crippen LogP contribution in [0.1, 0.15) is 63.3 Å². The minimum Gasteiger partial charge on any atom is -0.477 e. The minimum atomic E-state index is -1.20. The van der Waals surface area contributed by atoms with Gasteiger partial charge in [0.25, 0.3) is 11.8 Å². The van der Waals surface area contributed by atoms with Crippen LogP contribution in [0.4, 0.5) is 5.69 Å². The van der Waals surface area contributed by atoms with Crippen molar-refractivity contribution >= 4 is 23.5 Å². The maximum atomic E-state index is 12.3. The van der Waals surface area contributed by atoms with E-state index in [9.17, 15) is 14.4 Å². The Hall–Kier alpha value is -3.22. The van der Waals surface area contributed by atoms with Gasteiger partial charge >= 0.3 is 5.97 Å². The van der Waals surface area contributed by atoms with Gasteiger partial charge in [0.2, 0.25) is 0 Å². The first-order chi connectivity index (χ1) is 13.0. The molecule has 1 aliphatic rings. The number of carbonyl (C=O) groups is 3. The van der Waals surface area contributed by atoms with Gasteiger partial charge in [-0.05, 0) is 49.2 Å². The fraction of sp³-hybridized carbons (Fsp3) is 0.300. The molecular formula is C20H21N3O4. The average molecular weight is 367 g/mol. The lowest BCUT2D eigenvalue weighted by atomic mass is 9.95. The first-order valence-corrected chi connectivity index (χ1v) is 8.94. The third kappa shape index (κ3) is 4.91. The molecule has 1 aromatic heterocycles. The van der Waals surface area contributed by atoms with E-state index in [1.54, 1.807) is 24.3 Å². The first-order valence-electron chi connectivity index (χ1n) is 8.94. The third-order valence-corrected chi connectivity index (χ3v) is 4.59. The SMILES string of the molecule is O=C(Nc1ccc(C(=O)NC2CCCCC2)cc1)c1ccnc(C(=O)O)c1. The summed E-state index contributed by atoms with van der Waals surface area (Å²) in [5, 5.41) is 14.7. The first kappa shape index (κ1) is 18.6. The van der Waals surface area contributed by atoms with E-state index in [0.717, 1.165) is 25.7 Å². The number of pyridine rings is 1. The van der Waals surface area contributed by atoms with E-state index in [2.05, 4.69) is 15.6 Å². The number of benzene rings is 1. The maximum Gasteiger partial charge on any atom is 0.354 e. The maximum absolute atomic E-state index is 12.3. The number of carboxylic acid groups (broad SMARTS) is 1. The normalized spacial score (nSPS) is 14.4. The number of aromatic carboxylic acids is 1. The van der Waals surface area contributed by atoms with Gasteiger partial charge < -0.3 is 15.7 Å². The number of carbonyl (C=O) groups excluding carboxylic acids is 2. The van der Waals surface area contributed by atoms with E-state index in [-0.39, 0.29) is 23.2 Å². The largest absolute Gasteiger partial charge is 0.477 e. The molecular weight excluding hydrogens is 346 g/mol. The van der Waals surface area contributed by atoms with Crippen LogP contribution in [0, 0.1) is 0 Å². The lowest BCUT2D eigenvalue weighted by Crippen LogP contribution is -2.36. The van der Waals surface area contributed by atoms with E-state index < -0.39 is 11.9 Å². The topological polar surface area (TPSA) is 108 Å². The predicted octanol–water partition coefficient (Wildman–Crippen LogP) is 3.09. The van der Waals surface area contributed by atoms with Crippen molar-refractivity contribution < 1.29 is 19.5 Å². The van der Waals surface area contributed by atoms with Gasteiger partial charge in [-0.3, -0.25) is 9.59 Å². The van der Waals surface area contributed by atoms with E-state index >= 15 is 0 Å². The summed E-state index contributed by atoms with van der Waals surface area (Å²) in [6.45, 7) is 0. The van der Waals surface area contributed by atoms with Crippen molar-refractivity contribution in [2.45, 2.75) is 38.1 Å². The molecule has 2 aromatic rings. The lowest BCUT2D eigenvalue weighted by molar-refractivity contribution is 0.0690. The summed E-state index contributed by atoms with van der Waals surface area (Å²) in [5.41, 5.74) is 1.05. The van der Waals surface area contributed by atoms with E-state index in [0.29, 0.717) is 11.3 Å². The monoisotopic (exact) mass is 367 g/mol. The summed E-state index contributed by atoms with van der Waals surface area (Å²) in [6, 6.07) is 9.49. The number of hydrogen-bond donors (Lipinski definition) is 3. The fourth-order valence-corrected chi connectivity index (χ4v) is 3.11. The van der Waals surface area contributed by atoms with Gasteiger partial charge in [-0.25, -0.2) is 9.78 Å². The van der Waals surface area contributed by atoms with Gasteiger partial charge in [0.05, 0.1) is 0 Å². The van der Waals surface area contributed by atoms with Crippen molar-refractivity contribution in [3.8, 4) is 0 Å². The Morgan fingerprint density at radius 2 is 1.63 bits per heavy atom. The molecule has 1 aromatic carbocycles. The van der Waals surface area contributed by atoms with Crippen molar-refractivity contribution in [3.05, 3.63) is 59.4 Å². The van der Waals surface area contributed by atoms with Crippen LogP contribution in [-0.4, -0.2) is 33.9 Å². The van der Waals surface area contributed by atoms with Crippen LogP contribution in [-0.2, 0) is 0 Å². The van der Waals surface area contributed by atoms with Crippen LogP contribution in [0.2, 0.25) is 0 Å². The minimum absolute atomic E-state index is 0.111. The third-order valence-electron chi connectivity index (χ3n) is 4.59. The Labute approximate surface area is 156 Å². The van der Waals surface area contributed by atoms with Gasteiger partial charge in [0, 0.05) is 29.1 Å². The highest BCUT2D eigenvalue weighted by Crippen LogP contribution is 2.18. The number of nitrogens with zero attached hydrogens (tertiary/aromatic N) is 1. The van der Waals surface area contributed by atoms with E-state index in [1.165, 1.54) is 24.8 Å². The van der Waals surface area contributed by atoms with Crippen molar-refractivity contribution in [1.29, 1.82) is 0 Å². The molecule has 27 heavy (non-hydrogen) atoms. The highest BCUT2D eigenvalue weighted by Gasteiger charge is 2.17.